The maximum absolute atomic E-state index is 12.9. The minimum atomic E-state index is -0.537. The summed E-state index contributed by atoms with van der Waals surface area (Å²) in [6.45, 7) is 8.93. The van der Waals surface area contributed by atoms with E-state index in [1.165, 1.54) is 11.3 Å². The van der Waals surface area contributed by atoms with Crippen molar-refractivity contribution in [1.29, 1.82) is 0 Å². The van der Waals surface area contributed by atoms with Crippen LogP contribution in [0.3, 0.4) is 0 Å². The third-order valence-electron chi connectivity index (χ3n) is 4.50. The molecule has 4 rings (SSSR count). The summed E-state index contributed by atoms with van der Waals surface area (Å²) in [7, 11) is 0. The van der Waals surface area contributed by atoms with Crippen LogP contribution in [-0.4, -0.2) is 33.0 Å². The SMILES string of the molecule is Cc1cc(C)c2c(n1)sc1c(=O)n(CCC3COC(C)(C)O3)cnc12. The molecule has 1 saturated heterocycles. The van der Waals surface area contributed by atoms with Crippen molar-refractivity contribution in [2.75, 3.05) is 6.61 Å². The zero-order valence-corrected chi connectivity index (χ0v) is 15.6. The van der Waals surface area contributed by atoms with Crippen molar-refractivity contribution < 1.29 is 9.47 Å². The summed E-state index contributed by atoms with van der Waals surface area (Å²) < 4.78 is 13.7. The Morgan fingerprint density at radius 2 is 2.20 bits per heavy atom. The number of thiophene rings is 1. The number of aryl methyl sites for hydroxylation is 3. The fourth-order valence-corrected chi connectivity index (χ4v) is 4.55. The Kier molecular flexibility index (Phi) is 3.90. The summed E-state index contributed by atoms with van der Waals surface area (Å²) >= 11 is 1.43. The second kappa shape index (κ2) is 5.86. The van der Waals surface area contributed by atoms with Gasteiger partial charge in [0.25, 0.3) is 5.56 Å². The van der Waals surface area contributed by atoms with Gasteiger partial charge >= 0.3 is 0 Å². The molecule has 0 amide bonds. The molecule has 6 nitrogen and oxygen atoms in total. The van der Waals surface area contributed by atoms with E-state index in [9.17, 15) is 4.79 Å². The molecule has 1 fully saturated rings. The van der Waals surface area contributed by atoms with Gasteiger partial charge in [0.1, 0.15) is 9.53 Å². The summed E-state index contributed by atoms with van der Waals surface area (Å²) in [6, 6.07) is 2.03. The van der Waals surface area contributed by atoms with Gasteiger partial charge in [-0.2, -0.15) is 0 Å². The molecule has 1 atom stereocenters. The maximum atomic E-state index is 12.9. The normalized spacial score (nSPS) is 19.9. The number of pyridine rings is 1. The van der Waals surface area contributed by atoms with E-state index in [-0.39, 0.29) is 11.7 Å². The van der Waals surface area contributed by atoms with Gasteiger partial charge in [0.2, 0.25) is 0 Å². The number of ether oxygens (including phenoxy) is 2. The highest BCUT2D eigenvalue weighted by Gasteiger charge is 2.32. The first-order valence-electron chi connectivity index (χ1n) is 8.42. The first-order chi connectivity index (χ1) is 11.8. The number of hydrogen-bond acceptors (Lipinski definition) is 6. The molecule has 0 radical (unpaired) electrons. The van der Waals surface area contributed by atoms with Crippen LogP contribution in [-0.2, 0) is 16.0 Å². The van der Waals surface area contributed by atoms with Gasteiger partial charge < -0.3 is 9.47 Å². The standard InChI is InChI=1S/C18H21N3O3S/c1-10-7-11(2)20-16-13(10)14-15(25-16)17(22)21(9-19-14)6-5-12-8-23-18(3,4)24-12/h7,9,12H,5-6,8H2,1-4H3. The second-order valence-corrected chi connectivity index (χ2v) is 8.02. The maximum Gasteiger partial charge on any atom is 0.271 e. The van der Waals surface area contributed by atoms with E-state index in [4.69, 9.17) is 9.47 Å². The molecule has 0 aromatic carbocycles. The molecule has 25 heavy (non-hydrogen) atoms. The first kappa shape index (κ1) is 16.6. The van der Waals surface area contributed by atoms with Crippen molar-refractivity contribution in [3.63, 3.8) is 0 Å². The van der Waals surface area contributed by atoms with Crippen molar-refractivity contribution in [1.82, 2.24) is 14.5 Å². The molecule has 3 aromatic rings. The monoisotopic (exact) mass is 359 g/mol. The number of fused-ring (bicyclic) bond motifs is 3. The van der Waals surface area contributed by atoms with E-state index in [0.29, 0.717) is 17.9 Å². The molecule has 132 valence electrons. The average Bonchev–Trinajstić information content (AvgIpc) is 3.07. The van der Waals surface area contributed by atoms with E-state index in [1.807, 2.05) is 33.8 Å². The van der Waals surface area contributed by atoms with Crippen LogP contribution in [0.4, 0.5) is 0 Å². The van der Waals surface area contributed by atoms with Crippen molar-refractivity contribution in [3.05, 3.63) is 34.0 Å². The molecule has 0 spiro atoms. The largest absolute Gasteiger partial charge is 0.348 e. The van der Waals surface area contributed by atoms with Crippen molar-refractivity contribution in [3.8, 4) is 0 Å². The number of nitrogens with zero attached hydrogens (tertiary/aromatic N) is 3. The van der Waals surface area contributed by atoms with Crippen LogP contribution in [0.1, 0.15) is 31.5 Å². The molecule has 1 unspecified atom stereocenters. The van der Waals surface area contributed by atoms with Crippen LogP contribution in [0.5, 0.6) is 0 Å². The molecule has 3 aromatic heterocycles. The Morgan fingerprint density at radius 1 is 1.40 bits per heavy atom. The Morgan fingerprint density at radius 3 is 2.92 bits per heavy atom. The highest BCUT2D eigenvalue weighted by atomic mass is 32.1. The second-order valence-electron chi connectivity index (χ2n) is 7.02. The zero-order valence-electron chi connectivity index (χ0n) is 14.8. The van der Waals surface area contributed by atoms with Crippen LogP contribution >= 0.6 is 11.3 Å². The Bertz CT molecular complexity index is 1020. The van der Waals surface area contributed by atoms with E-state index < -0.39 is 5.79 Å². The van der Waals surface area contributed by atoms with Gasteiger partial charge in [-0.15, -0.1) is 11.3 Å². The van der Waals surface area contributed by atoms with Crippen LogP contribution in [0.25, 0.3) is 20.4 Å². The summed E-state index contributed by atoms with van der Waals surface area (Å²) in [4.78, 5) is 22.9. The number of rotatable bonds is 3. The van der Waals surface area contributed by atoms with E-state index >= 15 is 0 Å². The topological polar surface area (TPSA) is 66.2 Å². The molecule has 1 aliphatic heterocycles. The highest BCUT2D eigenvalue weighted by molar-refractivity contribution is 7.25. The predicted octanol–water partition coefficient (Wildman–Crippen LogP) is 3.16. The molecule has 0 N–H and O–H groups in total. The molecule has 0 bridgehead atoms. The Balaban J connectivity index is 1.67. The Hall–Kier alpha value is -1.83. The molecular formula is C18H21N3O3S. The van der Waals surface area contributed by atoms with Crippen molar-refractivity contribution >= 4 is 31.8 Å². The minimum absolute atomic E-state index is 0.00608. The van der Waals surface area contributed by atoms with E-state index in [2.05, 4.69) is 9.97 Å². The number of aromatic nitrogens is 3. The highest BCUT2D eigenvalue weighted by Crippen LogP contribution is 2.31. The fraction of sp³-hybridized carbons (Fsp3) is 0.500. The van der Waals surface area contributed by atoms with Gasteiger partial charge in [0.15, 0.2) is 5.79 Å². The third kappa shape index (κ3) is 2.96. The predicted molar refractivity (Wildman–Crippen MR) is 98.2 cm³/mol. The van der Waals surface area contributed by atoms with Gasteiger partial charge in [-0.3, -0.25) is 9.36 Å². The zero-order chi connectivity index (χ0) is 17.8. The summed E-state index contributed by atoms with van der Waals surface area (Å²) in [5.74, 6) is -0.537. The summed E-state index contributed by atoms with van der Waals surface area (Å²) in [5, 5.41) is 0.990. The molecule has 0 saturated carbocycles. The molecule has 1 aliphatic rings. The quantitative estimate of drug-likeness (QED) is 0.719. The smallest absolute Gasteiger partial charge is 0.271 e. The van der Waals surface area contributed by atoms with Gasteiger partial charge in [0.05, 0.1) is 24.6 Å². The van der Waals surface area contributed by atoms with Crippen molar-refractivity contribution in [2.45, 2.75) is 52.6 Å². The van der Waals surface area contributed by atoms with Crippen LogP contribution in [0.2, 0.25) is 0 Å². The van der Waals surface area contributed by atoms with E-state index in [0.717, 1.165) is 33.4 Å². The molecule has 7 heteroatoms. The lowest BCUT2D eigenvalue weighted by Crippen LogP contribution is -2.25. The lowest BCUT2D eigenvalue weighted by molar-refractivity contribution is -0.139. The summed E-state index contributed by atoms with van der Waals surface area (Å²) in [5.41, 5.74) is 2.81. The van der Waals surface area contributed by atoms with Crippen molar-refractivity contribution in [2.24, 2.45) is 0 Å². The third-order valence-corrected chi connectivity index (χ3v) is 5.56. The van der Waals surface area contributed by atoms with Crippen LogP contribution in [0.15, 0.2) is 17.2 Å². The lowest BCUT2D eigenvalue weighted by atomic mass is 10.1. The lowest BCUT2D eigenvalue weighted by Gasteiger charge is -2.17. The molecule has 0 aliphatic carbocycles. The first-order valence-corrected chi connectivity index (χ1v) is 9.23. The van der Waals surface area contributed by atoms with Gasteiger partial charge in [0, 0.05) is 17.6 Å². The molecule has 4 heterocycles. The fourth-order valence-electron chi connectivity index (χ4n) is 3.35. The molecular weight excluding hydrogens is 338 g/mol. The Labute approximate surface area is 149 Å². The van der Waals surface area contributed by atoms with Gasteiger partial charge in [-0.05, 0) is 45.7 Å². The summed E-state index contributed by atoms with van der Waals surface area (Å²) in [6.07, 6.45) is 2.36. The van der Waals surface area contributed by atoms with Crippen LogP contribution < -0.4 is 5.56 Å². The van der Waals surface area contributed by atoms with Gasteiger partial charge in [-0.1, -0.05) is 0 Å². The van der Waals surface area contributed by atoms with Crippen LogP contribution in [0, 0.1) is 13.8 Å². The van der Waals surface area contributed by atoms with Gasteiger partial charge in [-0.25, -0.2) is 9.97 Å². The average molecular weight is 359 g/mol. The minimum Gasteiger partial charge on any atom is -0.348 e. The number of hydrogen-bond donors (Lipinski definition) is 0. The van der Waals surface area contributed by atoms with E-state index in [1.54, 1.807) is 10.9 Å².